The second kappa shape index (κ2) is 7.28. The Kier molecular flexibility index (Phi) is 4.88. The van der Waals surface area contributed by atoms with Crippen molar-refractivity contribution in [2.75, 3.05) is 6.61 Å². The molecule has 2 atom stereocenters. The van der Waals surface area contributed by atoms with E-state index in [1.54, 1.807) is 17.7 Å². The molecule has 2 aliphatic rings. The van der Waals surface area contributed by atoms with Crippen molar-refractivity contribution in [3.8, 4) is 5.88 Å². The second-order valence-corrected chi connectivity index (χ2v) is 8.38. The minimum atomic E-state index is -0.0467. The molecular weight excluding hydrogens is 334 g/mol. The Hall–Kier alpha value is -1.69. The van der Waals surface area contributed by atoms with E-state index < -0.39 is 0 Å². The molecule has 1 N–H and O–H groups in total. The van der Waals surface area contributed by atoms with E-state index in [2.05, 4.69) is 22.2 Å². The third kappa shape index (κ3) is 3.50. The average Bonchev–Trinajstić information content (AvgIpc) is 3.01. The molecule has 5 nitrogen and oxygen atoms in total. The van der Waals surface area contributed by atoms with Crippen LogP contribution in [0.3, 0.4) is 0 Å². The lowest BCUT2D eigenvalue weighted by Crippen LogP contribution is -2.43. The molecule has 6 heteroatoms. The van der Waals surface area contributed by atoms with Crippen LogP contribution in [0, 0.1) is 5.92 Å². The normalized spacial score (nSPS) is 23.2. The second-order valence-electron chi connectivity index (χ2n) is 7.29. The van der Waals surface area contributed by atoms with E-state index >= 15 is 0 Å². The van der Waals surface area contributed by atoms with Gasteiger partial charge in [0.25, 0.3) is 5.91 Å². The van der Waals surface area contributed by atoms with Crippen molar-refractivity contribution in [2.24, 2.45) is 5.92 Å². The van der Waals surface area contributed by atoms with Crippen LogP contribution in [0.2, 0.25) is 0 Å². The van der Waals surface area contributed by atoms with Crippen LogP contribution in [0.1, 0.15) is 55.9 Å². The maximum Gasteiger partial charge on any atom is 0.258 e. The van der Waals surface area contributed by atoms with Gasteiger partial charge in [-0.1, -0.05) is 19.8 Å². The van der Waals surface area contributed by atoms with Crippen LogP contribution >= 0.6 is 11.3 Å². The molecule has 0 unspecified atom stereocenters. The highest BCUT2D eigenvalue weighted by atomic mass is 32.1. The fourth-order valence-electron chi connectivity index (χ4n) is 4.08. The van der Waals surface area contributed by atoms with Crippen LogP contribution in [0.25, 0.3) is 10.2 Å². The van der Waals surface area contributed by atoms with Gasteiger partial charge in [-0.3, -0.25) is 4.79 Å². The Morgan fingerprint density at radius 2 is 2.08 bits per heavy atom. The molecule has 0 saturated heterocycles. The van der Waals surface area contributed by atoms with E-state index in [4.69, 9.17) is 4.74 Å². The maximum absolute atomic E-state index is 12.3. The number of fused-ring (bicyclic) bond motifs is 3. The summed E-state index contributed by atoms with van der Waals surface area (Å²) in [5, 5.41) is 4.17. The van der Waals surface area contributed by atoms with Gasteiger partial charge in [0, 0.05) is 10.9 Å². The van der Waals surface area contributed by atoms with Crippen LogP contribution in [0.15, 0.2) is 6.33 Å². The lowest BCUT2D eigenvalue weighted by molar-refractivity contribution is -0.124. The van der Waals surface area contributed by atoms with E-state index in [1.807, 2.05) is 0 Å². The highest BCUT2D eigenvalue weighted by Crippen LogP contribution is 2.38. The lowest BCUT2D eigenvalue weighted by Gasteiger charge is -2.29. The number of hydrogen-bond donors (Lipinski definition) is 1. The molecule has 0 radical (unpaired) electrons. The summed E-state index contributed by atoms with van der Waals surface area (Å²) < 4.78 is 5.83. The number of nitrogens with one attached hydrogen (secondary N) is 1. The molecule has 1 saturated carbocycles. The number of aryl methyl sites for hydroxylation is 2. The number of carbonyl (C=O) groups is 1. The quantitative estimate of drug-likeness (QED) is 0.905. The molecule has 4 rings (SSSR count). The summed E-state index contributed by atoms with van der Waals surface area (Å²) >= 11 is 1.75. The molecular formula is C19H25N3O2S. The first kappa shape index (κ1) is 16.8. The molecule has 1 amide bonds. The highest BCUT2D eigenvalue weighted by molar-refractivity contribution is 7.18. The number of hydrogen-bond acceptors (Lipinski definition) is 5. The number of carbonyl (C=O) groups excluding carboxylic acids is 1. The summed E-state index contributed by atoms with van der Waals surface area (Å²) in [6.45, 7) is 2.25. The van der Waals surface area contributed by atoms with Crippen LogP contribution in [0.4, 0.5) is 0 Å². The van der Waals surface area contributed by atoms with Crippen molar-refractivity contribution in [3.05, 3.63) is 16.8 Å². The first-order valence-electron chi connectivity index (χ1n) is 9.40. The van der Waals surface area contributed by atoms with E-state index in [-0.39, 0.29) is 18.6 Å². The van der Waals surface area contributed by atoms with Crippen molar-refractivity contribution in [2.45, 2.75) is 64.3 Å². The third-order valence-corrected chi connectivity index (χ3v) is 6.71. The van der Waals surface area contributed by atoms with E-state index in [1.165, 1.54) is 42.5 Å². The Labute approximate surface area is 152 Å². The standard InChI is InChI=1S/C19H25N3O2S/c1-12-6-2-4-8-14(12)22-16(23)10-24-18-17-13-7-3-5-9-15(13)25-19(17)21-11-20-18/h11-12,14H,2-10H2,1H3,(H,22,23)/t12-,14-/m1/s1. The van der Waals surface area contributed by atoms with Crippen LogP contribution in [0.5, 0.6) is 5.88 Å². The van der Waals surface area contributed by atoms with E-state index in [9.17, 15) is 4.79 Å². The van der Waals surface area contributed by atoms with Crippen molar-refractivity contribution in [1.82, 2.24) is 15.3 Å². The fraction of sp³-hybridized carbons (Fsp3) is 0.632. The number of amides is 1. The molecule has 2 aliphatic carbocycles. The van der Waals surface area contributed by atoms with Crippen LogP contribution in [-0.2, 0) is 17.6 Å². The lowest BCUT2D eigenvalue weighted by atomic mass is 9.86. The van der Waals surface area contributed by atoms with Gasteiger partial charge in [0.2, 0.25) is 5.88 Å². The van der Waals surface area contributed by atoms with Crippen molar-refractivity contribution >= 4 is 27.5 Å². The van der Waals surface area contributed by atoms with Crippen molar-refractivity contribution in [1.29, 1.82) is 0 Å². The molecule has 0 aromatic carbocycles. The summed E-state index contributed by atoms with van der Waals surface area (Å²) in [4.78, 5) is 23.4. The molecule has 25 heavy (non-hydrogen) atoms. The maximum atomic E-state index is 12.3. The summed E-state index contributed by atoms with van der Waals surface area (Å²) in [5.74, 6) is 1.07. The third-order valence-electron chi connectivity index (χ3n) is 5.51. The van der Waals surface area contributed by atoms with Gasteiger partial charge in [0.1, 0.15) is 11.2 Å². The summed E-state index contributed by atoms with van der Waals surface area (Å²) in [6, 6.07) is 0.282. The average molecular weight is 359 g/mol. The molecule has 1 fully saturated rings. The van der Waals surface area contributed by atoms with Crippen LogP contribution in [-0.4, -0.2) is 28.5 Å². The Morgan fingerprint density at radius 3 is 2.96 bits per heavy atom. The molecule has 0 spiro atoms. The molecule has 2 aromatic rings. The molecule has 134 valence electrons. The van der Waals surface area contributed by atoms with E-state index in [0.29, 0.717) is 11.8 Å². The largest absolute Gasteiger partial charge is 0.467 e. The van der Waals surface area contributed by atoms with Gasteiger partial charge in [-0.05, 0) is 50.0 Å². The Morgan fingerprint density at radius 1 is 1.24 bits per heavy atom. The summed E-state index contributed by atoms with van der Waals surface area (Å²) in [6.07, 6.45) is 10.9. The summed E-state index contributed by atoms with van der Waals surface area (Å²) in [7, 11) is 0. The Bertz CT molecular complexity index is 773. The smallest absolute Gasteiger partial charge is 0.258 e. The number of nitrogens with zero attached hydrogens (tertiary/aromatic N) is 2. The molecule has 0 bridgehead atoms. The van der Waals surface area contributed by atoms with Gasteiger partial charge in [-0.15, -0.1) is 11.3 Å². The van der Waals surface area contributed by atoms with Gasteiger partial charge < -0.3 is 10.1 Å². The monoisotopic (exact) mass is 359 g/mol. The van der Waals surface area contributed by atoms with Crippen molar-refractivity contribution in [3.63, 3.8) is 0 Å². The fourth-order valence-corrected chi connectivity index (χ4v) is 5.30. The number of aromatic nitrogens is 2. The minimum absolute atomic E-state index is 0.0277. The SMILES string of the molecule is C[C@@H]1CCCC[C@H]1NC(=O)COc1ncnc2sc3c(c12)CCCC3. The zero-order valence-corrected chi connectivity index (χ0v) is 15.5. The van der Waals surface area contributed by atoms with Crippen molar-refractivity contribution < 1.29 is 9.53 Å². The highest BCUT2D eigenvalue weighted by Gasteiger charge is 2.24. The predicted octanol–water partition coefficient (Wildman–Crippen LogP) is 3.64. The summed E-state index contributed by atoms with van der Waals surface area (Å²) in [5.41, 5.74) is 1.34. The Balaban J connectivity index is 1.46. The van der Waals surface area contributed by atoms with Gasteiger partial charge in [-0.25, -0.2) is 9.97 Å². The number of thiophene rings is 1. The molecule has 2 aromatic heterocycles. The topological polar surface area (TPSA) is 64.1 Å². The van der Waals surface area contributed by atoms with E-state index in [0.717, 1.165) is 29.5 Å². The van der Waals surface area contributed by atoms with Gasteiger partial charge in [0.15, 0.2) is 6.61 Å². The molecule has 0 aliphatic heterocycles. The van der Waals surface area contributed by atoms with Gasteiger partial charge in [0.05, 0.1) is 5.39 Å². The predicted molar refractivity (Wildman–Crippen MR) is 99.1 cm³/mol. The first-order valence-corrected chi connectivity index (χ1v) is 10.2. The number of rotatable bonds is 4. The van der Waals surface area contributed by atoms with Crippen LogP contribution < -0.4 is 10.1 Å². The zero-order valence-electron chi connectivity index (χ0n) is 14.7. The van der Waals surface area contributed by atoms with Gasteiger partial charge >= 0.3 is 0 Å². The first-order chi connectivity index (χ1) is 12.2. The zero-order chi connectivity index (χ0) is 17.2. The van der Waals surface area contributed by atoms with Gasteiger partial charge in [-0.2, -0.15) is 0 Å². The minimum Gasteiger partial charge on any atom is -0.467 e. The number of ether oxygens (including phenoxy) is 1. The molecule has 2 heterocycles.